The van der Waals surface area contributed by atoms with Crippen molar-refractivity contribution in [1.29, 1.82) is 0 Å². The van der Waals surface area contributed by atoms with Crippen LogP contribution < -0.4 is 16.2 Å². The van der Waals surface area contributed by atoms with Crippen molar-refractivity contribution in [3.8, 4) is 0 Å². The number of piperidine rings is 1. The Bertz CT molecular complexity index is 537. The molecular formula is C14H22N4O. The quantitative estimate of drug-likeness (QED) is 0.804. The average molecular weight is 262 g/mol. The molecule has 1 atom stereocenters. The number of nitrogens with zero attached hydrogens (tertiary/aromatic N) is 3. The first-order valence-corrected chi connectivity index (χ1v) is 7.26. The van der Waals surface area contributed by atoms with Crippen LogP contribution in [0.5, 0.6) is 0 Å². The Labute approximate surface area is 113 Å². The molecule has 0 radical (unpaired) electrons. The van der Waals surface area contributed by atoms with E-state index in [1.165, 1.54) is 0 Å². The number of rotatable bonds is 1. The topological polar surface area (TPSA) is 64.2 Å². The lowest BCUT2D eigenvalue weighted by Gasteiger charge is -2.33. The highest BCUT2D eigenvalue weighted by atomic mass is 16.1. The number of anilines is 1. The van der Waals surface area contributed by atoms with Crippen LogP contribution >= 0.6 is 0 Å². The SMILES string of the molecule is Cn1c(N2CCC[C@H](N)C2)nc2c(c1=O)CCCC2. The van der Waals surface area contributed by atoms with E-state index in [1.54, 1.807) is 4.57 Å². The van der Waals surface area contributed by atoms with Gasteiger partial charge in [-0.05, 0) is 38.5 Å². The van der Waals surface area contributed by atoms with E-state index in [-0.39, 0.29) is 11.6 Å². The molecule has 0 spiro atoms. The first-order chi connectivity index (χ1) is 9.16. The molecule has 1 fully saturated rings. The van der Waals surface area contributed by atoms with Gasteiger partial charge in [-0.2, -0.15) is 0 Å². The zero-order valence-corrected chi connectivity index (χ0v) is 11.6. The predicted octanol–water partition coefficient (Wildman–Crippen LogP) is 0.587. The maximum Gasteiger partial charge on any atom is 0.258 e. The van der Waals surface area contributed by atoms with Crippen LogP contribution in [-0.2, 0) is 19.9 Å². The maximum atomic E-state index is 12.4. The van der Waals surface area contributed by atoms with Gasteiger partial charge in [-0.3, -0.25) is 9.36 Å². The first kappa shape index (κ1) is 12.7. The van der Waals surface area contributed by atoms with Gasteiger partial charge in [0.2, 0.25) is 5.95 Å². The summed E-state index contributed by atoms with van der Waals surface area (Å²) in [6.45, 7) is 1.76. The van der Waals surface area contributed by atoms with Crippen molar-refractivity contribution in [3.63, 3.8) is 0 Å². The minimum Gasteiger partial charge on any atom is -0.341 e. The van der Waals surface area contributed by atoms with Crippen LogP contribution in [0.3, 0.4) is 0 Å². The van der Waals surface area contributed by atoms with Crippen molar-refractivity contribution < 1.29 is 0 Å². The first-order valence-electron chi connectivity index (χ1n) is 7.26. The van der Waals surface area contributed by atoms with Crippen LogP contribution in [0.15, 0.2) is 4.79 Å². The van der Waals surface area contributed by atoms with Gasteiger partial charge in [0.25, 0.3) is 5.56 Å². The molecule has 0 bridgehead atoms. The molecule has 3 rings (SSSR count). The highest BCUT2D eigenvalue weighted by Gasteiger charge is 2.23. The van der Waals surface area contributed by atoms with Gasteiger partial charge in [-0.15, -0.1) is 0 Å². The molecule has 2 aliphatic rings. The molecule has 1 aliphatic heterocycles. The summed E-state index contributed by atoms with van der Waals surface area (Å²) >= 11 is 0. The van der Waals surface area contributed by atoms with E-state index in [9.17, 15) is 4.79 Å². The lowest BCUT2D eigenvalue weighted by Crippen LogP contribution is -2.45. The highest BCUT2D eigenvalue weighted by Crippen LogP contribution is 2.21. The van der Waals surface area contributed by atoms with Gasteiger partial charge in [-0.25, -0.2) is 4.98 Å². The fourth-order valence-corrected chi connectivity index (χ4v) is 3.21. The van der Waals surface area contributed by atoms with Crippen LogP contribution in [-0.4, -0.2) is 28.7 Å². The van der Waals surface area contributed by atoms with Crippen molar-refractivity contribution in [2.24, 2.45) is 12.8 Å². The monoisotopic (exact) mass is 262 g/mol. The molecule has 1 aliphatic carbocycles. The largest absolute Gasteiger partial charge is 0.341 e. The number of aryl methyl sites for hydroxylation is 1. The Morgan fingerprint density at radius 3 is 2.84 bits per heavy atom. The molecule has 2 N–H and O–H groups in total. The Morgan fingerprint density at radius 2 is 2.05 bits per heavy atom. The van der Waals surface area contributed by atoms with Gasteiger partial charge in [0.05, 0.1) is 5.69 Å². The molecule has 0 aromatic carbocycles. The molecule has 5 nitrogen and oxygen atoms in total. The Hall–Kier alpha value is -1.36. The molecule has 2 heterocycles. The van der Waals surface area contributed by atoms with E-state index >= 15 is 0 Å². The Balaban J connectivity index is 2.01. The third-order valence-electron chi connectivity index (χ3n) is 4.28. The predicted molar refractivity (Wildman–Crippen MR) is 75.5 cm³/mol. The van der Waals surface area contributed by atoms with Crippen LogP contribution in [0.25, 0.3) is 0 Å². The summed E-state index contributed by atoms with van der Waals surface area (Å²) in [6.07, 6.45) is 6.22. The minimum atomic E-state index is 0.138. The molecule has 0 saturated carbocycles. The smallest absolute Gasteiger partial charge is 0.258 e. The normalized spacial score (nSPS) is 23.3. The second-order valence-corrected chi connectivity index (χ2v) is 5.76. The Morgan fingerprint density at radius 1 is 1.26 bits per heavy atom. The lowest BCUT2D eigenvalue weighted by molar-refractivity contribution is 0.490. The number of aromatic nitrogens is 2. The minimum absolute atomic E-state index is 0.138. The Kier molecular flexibility index (Phi) is 3.31. The van der Waals surface area contributed by atoms with Crippen molar-refractivity contribution in [3.05, 3.63) is 21.6 Å². The van der Waals surface area contributed by atoms with Gasteiger partial charge in [-0.1, -0.05) is 0 Å². The fourth-order valence-electron chi connectivity index (χ4n) is 3.21. The van der Waals surface area contributed by atoms with Crippen molar-refractivity contribution in [2.75, 3.05) is 18.0 Å². The second kappa shape index (κ2) is 4.96. The summed E-state index contributed by atoms with van der Waals surface area (Å²) in [5, 5.41) is 0. The molecule has 5 heteroatoms. The van der Waals surface area contributed by atoms with E-state index < -0.39 is 0 Å². The van der Waals surface area contributed by atoms with Crippen molar-refractivity contribution in [1.82, 2.24) is 9.55 Å². The number of hydrogen-bond acceptors (Lipinski definition) is 4. The third-order valence-corrected chi connectivity index (χ3v) is 4.28. The zero-order valence-electron chi connectivity index (χ0n) is 11.6. The van der Waals surface area contributed by atoms with Crippen molar-refractivity contribution >= 4 is 5.95 Å². The summed E-state index contributed by atoms with van der Waals surface area (Å²) in [4.78, 5) is 19.4. The van der Waals surface area contributed by atoms with Crippen LogP contribution in [0.2, 0.25) is 0 Å². The molecule has 0 amide bonds. The molecule has 0 unspecified atom stereocenters. The van der Waals surface area contributed by atoms with Crippen LogP contribution in [0.4, 0.5) is 5.95 Å². The van der Waals surface area contributed by atoms with Crippen LogP contribution in [0.1, 0.15) is 36.9 Å². The van der Waals surface area contributed by atoms with E-state index in [2.05, 4.69) is 4.90 Å². The summed E-state index contributed by atoms with van der Waals surface area (Å²) in [5.74, 6) is 0.806. The van der Waals surface area contributed by atoms with Gasteiger partial charge in [0, 0.05) is 31.7 Å². The molecule has 104 valence electrons. The van der Waals surface area contributed by atoms with E-state index in [4.69, 9.17) is 10.7 Å². The van der Waals surface area contributed by atoms with E-state index in [1.807, 2.05) is 7.05 Å². The summed E-state index contributed by atoms with van der Waals surface area (Å²) in [6, 6.07) is 0.196. The maximum absolute atomic E-state index is 12.4. The summed E-state index contributed by atoms with van der Waals surface area (Å²) in [5.41, 5.74) is 8.12. The van der Waals surface area contributed by atoms with Gasteiger partial charge in [0.1, 0.15) is 0 Å². The fraction of sp³-hybridized carbons (Fsp3) is 0.714. The van der Waals surface area contributed by atoms with E-state index in [0.717, 1.165) is 68.8 Å². The molecular weight excluding hydrogens is 240 g/mol. The highest BCUT2D eigenvalue weighted by molar-refractivity contribution is 5.36. The average Bonchev–Trinajstić information content (AvgIpc) is 2.43. The van der Waals surface area contributed by atoms with Gasteiger partial charge in [0.15, 0.2) is 0 Å². The van der Waals surface area contributed by atoms with Crippen LogP contribution in [0, 0.1) is 0 Å². The van der Waals surface area contributed by atoms with E-state index in [0.29, 0.717) is 0 Å². The summed E-state index contributed by atoms with van der Waals surface area (Å²) in [7, 11) is 1.83. The van der Waals surface area contributed by atoms with Gasteiger partial charge < -0.3 is 10.6 Å². The molecule has 1 saturated heterocycles. The number of nitrogens with two attached hydrogens (primary N) is 1. The zero-order chi connectivity index (χ0) is 13.4. The molecule has 19 heavy (non-hydrogen) atoms. The standard InChI is InChI=1S/C14H22N4O/c1-17-13(19)11-6-2-3-7-12(11)16-14(17)18-8-4-5-10(15)9-18/h10H,2-9,15H2,1H3/t10-/m0/s1. The second-order valence-electron chi connectivity index (χ2n) is 5.76. The van der Waals surface area contributed by atoms with Crippen molar-refractivity contribution in [2.45, 2.75) is 44.6 Å². The summed E-state index contributed by atoms with van der Waals surface area (Å²) < 4.78 is 1.71. The van der Waals surface area contributed by atoms with Gasteiger partial charge >= 0.3 is 0 Å². The number of hydrogen-bond donors (Lipinski definition) is 1. The third kappa shape index (κ3) is 2.27. The molecule has 1 aromatic heterocycles. The lowest BCUT2D eigenvalue weighted by atomic mass is 9.97. The molecule has 1 aromatic rings. The number of fused-ring (bicyclic) bond motifs is 1.